The number of hydrogen-bond donors (Lipinski definition) is 2. The molecule has 8 heteroatoms. The molecule has 0 saturated carbocycles. The minimum atomic E-state index is -0.516. The molecule has 0 bridgehead atoms. The van der Waals surface area contributed by atoms with Crippen LogP contribution in [0.4, 0.5) is 10.1 Å². The van der Waals surface area contributed by atoms with Crippen LogP contribution in [-0.2, 0) is 6.42 Å². The Balaban J connectivity index is 1.59. The Morgan fingerprint density at radius 2 is 2.14 bits per heavy atom. The van der Waals surface area contributed by atoms with Gasteiger partial charge in [0.1, 0.15) is 5.82 Å². The molecule has 1 atom stereocenters. The first-order valence-electron chi connectivity index (χ1n) is 9.01. The average molecular weight is 400 g/mol. The standard InChI is InChI=1S/C20H19ClFN5O/c1-11-19(25-26-27(11)14-6-8-17(22)16(21)10-14)20(28)24-18-4-2-3-12-9-13(23)5-7-15(12)18/h5-10,18H,2-4,23H2,1H3,(H,24,28). The van der Waals surface area contributed by atoms with E-state index >= 15 is 0 Å². The number of nitrogen functional groups attached to an aromatic ring is 1. The van der Waals surface area contributed by atoms with Gasteiger partial charge in [0.05, 0.1) is 22.4 Å². The lowest BCUT2D eigenvalue weighted by atomic mass is 9.87. The molecule has 3 N–H and O–H groups in total. The Kier molecular flexibility index (Phi) is 4.77. The van der Waals surface area contributed by atoms with E-state index in [2.05, 4.69) is 15.6 Å². The topological polar surface area (TPSA) is 85.8 Å². The number of benzene rings is 2. The Labute approximate surface area is 166 Å². The summed E-state index contributed by atoms with van der Waals surface area (Å²) in [4.78, 5) is 12.8. The maximum absolute atomic E-state index is 13.4. The first kappa shape index (κ1) is 18.4. The number of aromatic nitrogens is 3. The fourth-order valence-corrected chi connectivity index (χ4v) is 3.79. The molecule has 2 aromatic carbocycles. The van der Waals surface area contributed by atoms with E-state index in [0.29, 0.717) is 11.4 Å². The molecule has 1 unspecified atom stereocenters. The monoisotopic (exact) mass is 399 g/mol. The van der Waals surface area contributed by atoms with Crippen molar-refractivity contribution < 1.29 is 9.18 Å². The third kappa shape index (κ3) is 3.33. The van der Waals surface area contributed by atoms with E-state index in [1.54, 1.807) is 6.92 Å². The maximum atomic E-state index is 13.4. The summed E-state index contributed by atoms with van der Waals surface area (Å²) in [6.07, 6.45) is 2.78. The quantitative estimate of drug-likeness (QED) is 0.656. The average Bonchev–Trinajstić information content (AvgIpc) is 3.05. The van der Waals surface area contributed by atoms with Crippen LogP contribution in [0.1, 0.15) is 46.2 Å². The molecule has 4 rings (SSSR count). The van der Waals surface area contributed by atoms with Gasteiger partial charge in [-0.25, -0.2) is 9.07 Å². The molecule has 1 amide bonds. The van der Waals surface area contributed by atoms with Gasteiger partial charge in [-0.15, -0.1) is 5.10 Å². The molecule has 0 radical (unpaired) electrons. The highest BCUT2D eigenvalue weighted by Gasteiger charge is 2.25. The van der Waals surface area contributed by atoms with Crippen LogP contribution in [0.5, 0.6) is 0 Å². The zero-order valence-electron chi connectivity index (χ0n) is 15.2. The van der Waals surface area contributed by atoms with Gasteiger partial charge in [0.25, 0.3) is 5.91 Å². The number of nitrogens with two attached hydrogens (primary N) is 1. The lowest BCUT2D eigenvalue weighted by molar-refractivity contribution is 0.0927. The summed E-state index contributed by atoms with van der Waals surface area (Å²) in [6, 6.07) is 9.93. The Morgan fingerprint density at radius 3 is 2.93 bits per heavy atom. The predicted molar refractivity (Wildman–Crippen MR) is 105 cm³/mol. The summed E-state index contributed by atoms with van der Waals surface area (Å²) in [5, 5.41) is 11.1. The number of amides is 1. The van der Waals surface area contributed by atoms with E-state index in [0.717, 1.165) is 36.1 Å². The van der Waals surface area contributed by atoms with Gasteiger partial charge in [-0.2, -0.15) is 0 Å². The summed E-state index contributed by atoms with van der Waals surface area (Å²) in [6.45, 7) is 1.74. The number of carbonyl (C=O) groups is 1. The molecule has 6 nitrogen and oxygen atoms in total. The molecular formula is C20H19ClFN5O. The number of hydrogen-bond acceptors (Lipinski definition) is 4. The summed E-state index contributed by atoms with van der Waals surface area (Å²) < 4.78 is 14.9. The Bertz CT molecular complexity index is 1060. The highest BCUT2D eigenvalue weighted by Crippen LogP contribution is 2.31. The molecule has 1 aliphatic carbocycles. The number of carbonyl (C=O) groups excluding carboxylic acids is 1. The van der Waals surface area contributed by atoms with E-state index in [1.807, 2.05) is 18.2 Å². The summed E-state index contributed by atoms with van der Waals surface area (Å²) in [5.41, 5.74) is 10.2. The second kappa shape index (κ2) is 7.24. The van der Waals surface area contributed by atoms with Crippen LogP contribution in [0.25, 0.3) is 5.69 Å². The fourth-order valence-electron chi connectivity index (χ4n) is 3.61. The SMILES string of the molecule is Cc1c(C(=O)NC2CCCc3cc(N)ccc32)nnn1-c1ccc(F)c(Cl)c1. The number of anilines is 1. The molecule has 1 heterocycles. The van der Waals surface area contributed by atoms with Gasteiger partial charge in [0.2, 0.25) is 0 Å². The smallest absolute Gasteiger partial charge is 0.274 e. The van der Waals surface area contributed by atoms with Crippen LogP contribution >= 0.6 is 11.6 Å². The summed E-state index contributed by atoms with van der Waals surface area (Å²) in [7, 11) is 0. The van der Waals surface area contributed by atoms with E-state index < -0.39 is 5.82 Å². The van der Waals surface area contributed by atoms with Crippen LogP contribution in [0.15, 0.2) is 36.4 Å². The van der Waals surface area contributed by atoms with Gasteiger partial charge in [-0.05, 0) is 67.6 Å². The number of nitrogens with one attached hydrogen (secondary N) is 1. The van der Waals surface area contributed by atoms with Gasteiger partial charge >= 0.3 is 0 Å². The molecule has 1 aromatic heterocycles. The summed E-state index contributed by atoms with van der Waals surface area (Å²) >= 11 is 5.85. The molecule has 1 aliphatic rings. The van der Waals surface area contributed by atoms with Gasteiger partial charge in [0, 0.05) is 5.69 Å². The van der Waals surface area contributed by atoms with Crippen LogP contribution in [0.3, 0.4) is 0 Å². The van der Waals surface area contributed by atoms with Crippen molar-refractivity contribution >= 4 is 23.2 Å². The van der Waals surface area contributed by atoms with Gasteiger partial charge in [-0.1, -0.05) is 22.9 Å². The molecule has 0 fully saturated rings. The minimum Gasteiger partial charge on any atom is -0.399 e. The van der Waals surface area contributed by atoms with Crippen molar-refractivity contribution in [2.45, 2.75) is 32.2 Å². The number of nitrogens with zero attached hydrogens (tertiary/aromatic N) is 3. The second-order valence-corrected chi connectivity index (χ2v) is 7.32. The number of rotatable bonds is 3. The molecule has 0 aliphatic heterocycles. The fraction of sp³-hybridized carbons (Fsp3) is 0.250. The van der Waals surface area contributed by atoms with Crippen molar-refractivity contribution in [3.8, 4) is 5.69 Å². The van der Waals surface area contributed by atoms with Crippen molar-refractivity contribution in [2.75, 3.05) is 5.73 Å². The first-order chi connectivity index (χ1) is 13.4. The first-order valence-corrected chi connectivity index (χ1v) is 9.38. The van der Waals surface area contributed by atoms with E-state index in [-0.39, 0.29) is 22.7 Å². The van der Waals surface area contributed by atoms with E-state index in [9.17, 15) is 9.18 Å². The zero-order chi connectivity index (χ0) is 19.8. The van der Waals surface area contributed by atoms with Crippen molar-refractivity contribution in [3.63, 3.8) is 0 Å². The van der Waals surface area contributed by atoms with Gasteiger partial charge in [0.15, 0.2) is 5.69 Å². The van der Waals surface area contributed by atoms with Gasteiger partial charge < -0.3 is 11.1 Å². The normalized spacial score (nSPS) is 15.9. The highest BCUT2D eigenvalue weighted by atomic mass is 35.5. The number of fused-ring (bicyclic) bond motifs is 1. The number of aryl methyl sites for hydroxylation is 1. The summed E-state index contributed by atoms with van der Waals surface area (Å²) in [5.74, 6) is -0.815. The van der Waals surface area contributed by atoms with E-state index in [1.165, 1.54) is 22.9 Å². The van der Waals surface area contributed by atoms with Gasteiger partial charge in [-0.3, -0.25) is 4.79 Å². The lowest BCUT2D eigenvalue weighted by Crippen LogP contribution is -2.31. The van der Waals surface area contributed by atoms with Crippen molar-refractivity contribution in [2.24, 2.45) is 0 Å². The van der Waals surface area contributed by atoms with Crippen molar-refractivity contribution in [1.82, 2.24) is 20.3 Å². The third-order valence-corrected chi connectivity index (χ3v) is 5.33. The van der Waals surface area contributed by atoms with Crippen molar-refractivity contribution in [3.05, 3.63) is 69.8 Å². The molecule has 144 valence electrons. The molecule has 3 aromatic rings. The Hall–Kier alpha value is -2.93. The molecular weight excluding hydrogens is 381 g/mol. The van der Waals surface area contributed by atoms with E-state index in [4.69, 9.17) is 17.3 Å². The van der Waals surface area contributed by atoms with Crippen molar-refractivity contribution in [1.29, 1.82) is 0 Å². The van der Waals surface area contributed by atoms with Crippen LogP contribution in [0.2, 0.25) is 5.02 Å². The second-order valence-electron chi connectivity index (χ2n) is 6.91. The Morgan fingerprint density at radius 1 is 1.32 bits per heavy atom. The molecule has 0 saturated heterocycles. The lowest BCUT2D eigenvalue weighted by Gasteiger charge is -2.26. The highest BCUT2D eigenvalue weighted by molar-refractivity contribution is 6.30. The third-order valence-electron chi connectivity index (χ3n) is 5.04. The van der Waals surface area contributed by atoms with Crippen LogP contribution < -0.4 is 11.1 Å². The molecule has 0 spiro atoms. The van der Waals surface area contributed by atoms with Crippen LogP contribution in [-0.4, -0.2) is 20.9 Å². The zero-order valence-corrected chi connectivity index (χ0v) is 16.0. The maximum Gasteiger partial charge on any atom is 0.274 e. The molecule has 28 heavy (non-hydrogen) atoms. The largest absolute Gasteiger partial charge is 0.399 e. The minimum absolute atomic E-state index is 0.0171. The number of halogens is 2. The van der Waals surface area contributed by atoms with Crippen LogP contribution in [0, 0.1) is 12.7 Å². The predicted octanol–water partition coefficient (Wildman–Crippen LogP) is 3.76.